The molecular formula is C18H28N2. The Morgan fingerprint density at radius 3 is 2.85 bits per heavy atom. The summed E-state index contributed by atoms with van der Waals surface area (Å²) in [4.78, 5) is 4.67. The van der Waals surface area contributed by atoms with E-state index >= 15 is 0 Å². The van der Waals surface area contributed by atoms with E-state index in [0.717, 1.165) is 11.8 Å². The highest BCUT2D eigenvalue weighted by Gasteiger charge is 2.31. The predicted octanol–water partition coefficient (Wildman–Crippen LogP) is 4.26. The molecule has 1 heterocycles. The third kappa shape index (κ3) is 2.90. The van der Waals surface area contributed by atoms with Gasteiger partial charge in [-0.2, -0.15) is 0 Å². The molecule has 0 aromatic carbocycles. The average molecular weight is 272 g/mol. The molecule has 1 saturated carbocycles. The van der Waals surface area contributed by atoms with Crippen LogP contribution in [0.15, 0.2) is 18.3 Å². The SMILES string of the molecule is CC(C)C1CCCCC1NC1CCCc2cccnc21. The number of aromatic nitrogens is 1. The van der Waals surface area contributed by atoms with Gasteiger partial charge in [0, 0.05) is 18.3 Å². The maximum absolute atomic E-state index is 4.67. The van der Waals surface area contributed by atoms with E-state index in [4.69, 9.17) is 0 Å². The molecule has 0 saturated heterocycles. The van der Waals surface area contributed by atoms with Crippen molar-refractivity contribution in [2.45, 2.75) is 70.9 Å². The highest BCUT2D eigenvalue weighted by molar-refractivity contribution is 5.25. The number of fused-ring (bicyclic) bond motifs is 1. The fourth-order valence-corrected chi connectivity index (χ4v) is 4.19. The van der Waals surface area contributed by atoms with E-state index in [1.807, 2.05) is 6.20 Å². The Balaban J connectivity index is 1.74. The summed E-state index contributed by atoms with van der Waals surface area (Å²) in [6.45, 7) is 4.77. The second-order valence-corrected chi connectivity index (χ2v) is 6.96. The minimum Gasteiger partial charge on any atom is -0.306 e. The third-order valence-corrected chi connectivity index (χ3v) is 5.29. The molecule has 0 aliphatic heterocycles. The molecule has 2 aliphatic carbocycles. The lowest BCUT2D eigenvalue weighted by Gasteiger charge is -2.38. The van der Waals surface area contributed by atoms with E-state index in [0.29, 0.717) is 12.1 Å². The highest BCUT2D eigenvalue weighted by atomic mass is 15.0. The number of hydrogen-bond donors (Lipinski definition) is 1. The van der Waals surface area contributed by atoms with Gasteiger partial charge < -0.3 is 5.32 Å². The standard InChI is InChI=1S/C18H28N2/c1-13(2)15-9-3-4-10-16(15)20-17-11-5-7-14-8-6-12-19-18(14)17/h6,8,12-13,15-17,20H,3-5,7,9-11H2,1-2H3. The van der Waals surface area contributed by atoms with E-state index in [9.17, 15) is 0 Å². The number of hydrogen-bond acceptors (Lipinski definition) is 2. The van der Waals surface area contributed by atoms with Gasteiger partial charge >= 0.3 is 0 Å². The fourth-order valence-electron chi connectivity index (χ4n) is 4.19. The molecule has 110 valence electrons. The molecule has 1 aromatic rings. The molecule has 1 fully saturated rings. The lowest BCUT2D eigenvalue weighted by molar-refractivity contribution is 0.186. The molecule has 0 radical (unpaired) electrons. The highest BCUT2D eigenvalue weighted by Crippen LogP contribution is 2.34. The number of rotatable bonds is 3. The van der Waals surface area contributed by atoms with Gasteiger partial charge in [0.2, 0.25) is 0 Å². The van der Waals surface area contributed by atoms with Gasteiger partial charge in [-0.15, -0.1) is 0 Å². The van der Waals surface area contributed by atoms with Crippen LogP contribution in [0.1, 0.15) is 69.7 Å². The van der Waals surface area contributed by atoms with E-state index in [1.54, 1.807) is 0 Å². The van der Waals surface area contributed by atoms with Gasteiger partial charge in [0.1, 0.15) is 0 Å². The molecule has 0 spiro atoms. The summed E-state index contributed by atoms with van der Waals surface area (Å²) in [6.07, 6.45) is 11.3. The number of pyridine rings is 1. The third-order valence-electron chi connectivity index (χ3n) is 5.29. The molecule has 1 aromatic heterocycles. The number of nitrogens with zero attached hydrogens (tertiary/aromatic N) is 1. The van der Waals surface area contributed by atoms with Crippen LogP contribution in [0.3, 0.4) is 0 Å². The second kappa shape index (κ2) is 6.26. The fraction of sp³-hybridized carbons (Fsp3) is 0.722. The van der Waals surface area contributed by atoms with Crippen LogP contribution in [0.5, 0.6) is 0 Å². The maximum Gasteiger partial charge on any atom is 0.0605 e. The zero-order valence-corrected chi connectivity index (χ0v) is 12.9. The maximum atomic E-state index is 4.67. The molecule has 3 atom stereocenters. The van der Waals surface area contributed by atoms with Crippen LogP contribution in [0.2, 0.25) is 0 Å². The Bertz CT molecular complexity index is 441. The first-order chi connectivity index (χ1) is 9.75. The number of nitrogens with one attached hydrogen (secondary N) is 1. The van der Waals surface area contributed by atoms with E-state index in [1.165, 1.54) is 56.2 Å². The van der Waals surface area contributed by atoms with Crippen molar-refractivity contribution in [1.29, 1.82) is 0 Å². The first-order valence-electron chi connectivity index (χ1n) is 8.45. The Labute approximate surface area is 123 Å². The average Bonchev–Trinajstić information content (AvgIpc) is 2.48. The lowest BCUT2D eigenvalue weighted by Crippen LogP contribution is -2.43. The summed E-state index contributed by atoms with van der Waals surface area (Å²) in [5, 5.41) is 3.98. The molecule has 0 bridgehead atoms. The monoisotopic (exact) mass is 272 g/mol. The Morgan fingerprint density at radius 1 is 1.15 bits per heavy atom. The van der Waals surface area contributed by atoms with Gasteiger partial charge in [-0.25, -0.2) is 0 Å². The minimum absolute atomic E-state index is 0.490. The van der Waals surface area contributed by atoms with Gasteiger partial charge in [-0.1, -0.05) is 32.8 Å². The molecule has 2 heteroatoms. The van der Waals surface area contributed by atoms with Crippen LogP contribution < -0.4 is 5.32 Å². The zero-order chi connectivity index (χ0) is 13.9. The molecule has 20 heavy (non-hydrogen) atoms. The van der Waals surface area contributed by atoms with Gasteiger partial charge in [0.25, 0.3) is 0 Å². The van der Waals surface area contributed by atoms with Crippen LogP contribution >= 0.6 is 0 Å². The van der Waals surface area contributed by atoms with E-state index < -0.39 is 0 Å². The second-order valence-electron chi connectivity index (χ2n) is 6.96. The Hall–Kier alpha value is -0.890. The van der Waals surface area contributed by atoms with Gasteiger partial charge in [0.05, 0.1) is 5.69 Å². The van der Waals surface area contributed by atoms with Crippen molar-refractivity contribution >= 4 is 0 Å². The summed E-state index contributed by atoms with van der Waals surface area (Å²) in [5.41, 5.74) is 2.79. The predicted molar refractivity (Wildman–Crippen MR) is 83.6 cm³/mol. The molecule has 2 aliphatic rings. The minimum atomic E-state index is 0.490. The molecule has 0 amide bonds. The van der Waals surface area contributed by atoms with Crippen molar-refractivity contribution in [3.8, 4) is 0 Å². The molecule has 1 N–H and O–H groups in total. The van der Waals surface area contributed by atoms with E-state index in [2.05, 4.69) is 36.3 Å². The zero-order valence-electron chi connectivity index (χ0n) is 12.9. The summed E-state index contributed by atoms with van der Waals surface area (Å²) >= 11 is 0. The van der Waals surface area contributed by atoms with Crippen molar-refractivity contribution in [3.05, 3.63) is 29.6 Å². The largest absolute Gasteiger partial charge is 0.306 e. The number of aryl methyl sites for hydroxylation is 1. The van der Waals surface area contributed by atoms with E-state index in [-0.39, 0.29) is 0 Å². The first kappa shape index (κ1) is 14.1. The van der Waals surface area contributed by atoms with Crippen molar-refractivity contribution in [1.82, 2.24) is 10.3 Å². The van der Waals surface area contributed by atoms with Crippen molar-refractivity contribution in [2.75, 3.05) is 0 Å². The van der Waals surface area contributed by atoms with Crippen LogP contribution in [-0.2, 0) is 6.42 Å². The van der Waals surface area contributed by atoms with Crippen LogP contribution in [0.4, 0.5) is 0 Å². The van der Waals surface area contributed by atoms with Gasteiger partial charge in [-0.3, -0.25) is 4.98 Å². The van der Waals surface area contributed by atoms with Gasteiger partial charge in [-0.05, 0) is 55.6 Å². The summed E-state index contributed by atoms with van der Waals surface area (Å²) in [6, 6.07) is 5.53. The quantitative estimate of drug-likeness (QED) is 0.889. The van der Waals surface area contributed by atoms with Crippen LogP contribution in [0.25, 0.3) is 0 Å². The van der Waals surface area contributed by atoms with Crippen LogP contribution in [0, 0.1) is 11.8 Å². The summed E-state index contributed by atoms with van der Waals surface area (Å²) in [7, 11) is 0. The van der Waals surface area contributed by atoms with Crippen LogP contribution in [-0.4, -0.2) is 11.0 Å². The first-order valence-corrected chi connectivity index (χ1v) is 8.45. The lowest BCUT2D eigenvalue weighted by atomic mass is 9.77. The normalized spacial score (nSPS) is 30.2. The summed E-state index contributed by atoms with van der Waals surface area (Å²) in [5.74, 6) is 1.64. The van der Waals surface area contributed by atoms with Crippen molar-refractivity contribution < 1.29 is 0 Å². The van der Waals surface area contributed by atoms with Crippen molar-refractivity contribution in [3.63, 3.8) is 0 Å². The summed E-state index contributed by atoms with van der Waals surface area (Å²) < 4.78 is 0. The van der Waals surface area contributed by atoms with Gasteiger partial charge in [0.15, 0.2) is 0 Å². The Kier molecular flexibility index (Phi) is 4.40. The molecule has 2 nitrogen and oxygen atoms in total. The molecule has 3 rings (SSSR count). The Morgan fingerprint density at radius 2 is 2.00 bits per heavy atom. The van der Waals surface area contributed by atoms with Crippen molar-refractivity contribution in [2.24, 2.45) is 11.8 Å². The smallest absolute Gasteiger partial charge is 0.0605 e. The molecule has 3 unspecified atom stereocenters. The topological polar surface area (TPSA) is 24.9 Å². The molecular weight excluding hydrogens is 244 g/mol.